The summed E-state index contributed by atoms with van der Waals surface area (Å²) in [5.41, 5.74) is 5.63. The van der Waals surface area contributed by atoms with Crippen LogP contribution < -0.4 is 5.73 Å². The minimum atomic E-state index is 0.344. The summed E-state index contributed by atoms with van der Waals surface area (Å²) in [6, 6.07) is 3.80. The Morgan fingerprint density at radius 3 is 2.27 bits per heavy atom. The Balaban J connectivity index is 0.000000151. The highest BCUT2D eigenvalue weighted by Gasteiger charge is 2.06. The van der Waals surface area contributed by atoms with E-state index in [0.717, 1.165) is 0 Å². The van der Waals surface area contributed by atoms with E-state index >= 15 is 0 Å². The van der Waals surface area contributed by atoms with Gasteiger partial charge in [0.1, 0.15) is 0 Å². The van der Waals surface area contributed by atoms with Crippen LogP contribution in [0.1, 0.15) is 42.7 Å². The fourth-order valence-electron chi connectivity index (χ4n) is 1.53. The molecule has 0 saturated heterocycles. The lowest BCUT2D eigenvalue weighted by Gasteiger charge is -2.15. The molecule has 0 spiro atoms. The van der Waals surface area contributed by atoms with Crippen molar-refractivity contribution in [2.24, 2.45) is 5.73 Å². The Morgan fingerprint density at radius 2 is 2.00 bits per heavy atom. The van der Waals surface area contributed by atoms with Gasteiger partial charge in [-0.3, -0.25) is 4.79 Å². The standard InChI is InChI=1S/C6H13N.C5H3BrO2/c7-6-4-2-1-3-5-6;6-5-2-1-4(3-7)8-5/h6H,1-5,7H2;1-3H. The van der Waals surface area contributed by atoms with Crippen molar-refractivity contribution in [1.82, 2.24) is 0 Å². The first kappa shape index (κ1) is 12.5. The molecule has 0 unspecified atom stereocenters. The number of carbonyl (C=O) groups is 1. The van der Waals surface area contributed by atoms with Crippen LogP contribution in [0.5, 0.6) is 0 Å². The molecule has 1 heterocycles. The van der Waals surface area contributed by atoms with Crippen molar-refractivity contribution in [3.05, 3.63) is 22.6 Å². The van der Waals surface area contributed by atoms with Crippen LogP contribution in [0, 0.1) is 0 Å². The van der Waals surface area contributed by atoms with Crippen molar-refractivity contribution in [2.75, 3.05) is 0 Å². The van der Waals surface area contributed by atoms with Gasteiger partial charge in [-0.25, -0.2) is 0 Å². The lowest BCUT2D eigenvalue weighted by atomic mass is 9.97. The first-order valence-corrected chi connectivity index (χ1v) is 5.98. The Hall–Kier alpha value is -0.610. The van der Waals surface area contributed by atoms with Crippen LogP contribution in [0.25, 0.3) is 0 Å². The second-order valence-corrected chi connectivity index (χ2v) is 4.44. The van der Waals surface area contributed by atoms with Crippen molar-refractivity contribution in [1.29, 1.82) is 0 Å². The zero-order valence-electron chi connectivity index (χ0n) is 8.62. The number of hydrogen-bond acceptors (Lipinski definition) is 3. The normalized spacial score (nSPS) is 16.7. The Morgan fingerprint density at radius 1 is 1.33 bits per heavy atom. The van der Waals surface area contributed by atoms with Crippen LogP contribution in [0.3, 0.4) is 0 Å². The third-order valence-electron chi connectivity index (χ3n) is 2.36. The number of furan rings is 1. The maximum absolute atomic E-state index is 9.91. The maximum Gasteiger partial charge on any atom is 0.185 e. The molecule has 1 fully saturated rings. The molecule has 3 nitrogen and oxygen atoms in total. The summed E-state index contributed by atoms with van der Waals surface area (Å²) < 4.78 is 5.36. The molecule has 1 aromatic rings. The Kier molecular flexibility index (Phi) is 5.65. The van der Waals surface area contributed by atoms with E-state index in [1.807, 2.05) is 0 Å². The molecule has 0 aliphatic heterocycles. The molecule has 0 bridgehead atoms. The zero-order chi connectivity index (χ0) is 11.1. The van der Waals surface area contributed by atoms with E-state index < -0.39 is 0 Å². The fraction of sp³-hybridized carbons (Fsp3) is 0.545. The fourth-order valence-corrected chi connectivity index (χ4v) is 1.84. The van der Waals surface area contributed by atoms with Crippen molar-refractivity contribution < 1.29 is 9.21 Å². The Labute approximate surface area is 98.1 Å². The first-order valence-electron chi connectivity index (χ1n) is 5.18. The predicted molar refractivity (Wildman–Crippen MR) is 62.9 cm³/mol. The van der Waals surface area contributed by atoms with E-state index in [-0.39, 0.29) is 0 Å². The van der Waals surface area contributed by atoms with Gasteiger partial charge >= 0.3 is 0 Å². The topological polar surface area (TPSA) is 56.2 Å². The van der Waals surface area contributed by atoms with Crippen molar-refractivity contribution in [3.8, 4) is 0 Å². The summed E-state index contributed by atoms with van der Waals surface area (Å²) in [4.78, 5) is 9.91. The summed E-state index contributed by atoms with van der Waals surface area (Å²) in [7, 11) is 0. The number of hydrogen-bond donors (Lipinski definition) is 1. The lowest BCUT2D eigenvalue weighted by Crippen LogP contribution is -2.22. The van der Waals surface area contributed by atoms with Gasteiger partial charge in [-0.15, -0.1) is 0 Å². The molecule has 2 N–H and O–H groups in total. The summed E-state index contributed by atoms with van der Waals surface area (Å²) >= 11 is 3.05. The van der Waals surface area contributed by atoms with Gasteiger partial charge < -0.3 is 10.2 Å². The number of aldehydes is 1. The molecule has 0 aromatic carbocycles. The minimum Gasteiger partial charge on any atom is -0.447 e. The highest BCUT2D eigenvalue weighted by atomic mass is 79.9. The molecule has 1 saturated carbocycles. The summed E-state index contributed by atoms with van der Waals surface area (Å²) in [5.74, 6) is 0.344. The lowest BCUT2D eigenvalue weighted by molar-refractivity contribution is 0.109. The van der Waals surface area contributed by atoms with Crippen LogP contribution in [0.4, 0.5) is 0 Å². The maximum atomic E-state index is 9.91. The molecular weight excluding hydrogens is 258 g/mol. The van der Waals surface area contributed by atoms with Gasteiger partial charge in [0.25, 0.3) is 0 Å². The van der Waals surface area contributed by atoms with Crippen LogP contribution in [0.2, 0.25) is 0 Å². The van der Waals surface area contributed by atoms with Gasteiger partial charge in [-0.2, -0.15) is 0 Å². The van der Waals surface area contributed by atoms with Gasteiger partial charge in [0.2, 0.25) is 0 Å². The highest BCUT2D eigenvalue weighted by molar-refractivity contribution is 9.10. The molecule has 4 heteroatoms. The quantitative estimate of drug-likeness (QED) is 0.800. The zero-order valence-corrected chi connectivity index (χ0v) is 10.2. The molecule has 2 rings (SSSR count). The van der Waals surface area contributed by atoms with Crippen molar-refractivity contribution in [3.63, 3.8) is 0 Å². The molecule has 15 heavy (non-hydrogen) atoms. The summed E-state index contributed by atoms with van der Waals surface area (Å²) in [6.45, 7) is 0. The third kappa shape index (κ3) is 5.14. The van der Waals surface area contributed by atoms with E-state index in [1.165, 1.54) is 32.1 Å². The van der Waals surface area contributed by atoms with Gasteiger partial charge in [0, 0.05) is 6.04 Å². The van der Waals surface area contributed by atoms with E-state index in [0.29, 0.717) is 22.8 Å². The number of nitrogens with two attached hydrogens (primary N) is 1. The molecule has 1 aromatic heterocycles. The van der Waals surface area contributed by atoms with Crippen LogP contribution in [-0.4, -0.2) is 12.3 Å². The second-order valence-electron chi connectivity index (χ2n) is 3.66. The van der Waals surface area contributed by atoms with E-state index in [2.05, 4.69) is 15.9 Å². The molecule has 1 aliphatic carbocycles. The van der Waals surface area contributed by atoms with Crippen molar-refractivity contribution in [2.45, 2.75) is 38.1 Å². The largest absolute Gasteiger partial charge is 0.447 e. The summed E-state index contributed by atoms with van der Waals surface area (Å²) in [5, 5.41) is 0. The Bertz CT molecular complexity index is 293. The monoisotopic (exact) mass is 273 g/mol. The molecular formula is C11H16BrNO2. The number of rotatable bonds is 1. The predicted octanol–water partition coefficient (Wildman–Crippen LogP) is 3.13. The number of carbonyl (C=O) groups excluding carboxylic acids is 1. The molecule has 84 valence electrons. The van der Waals surface area contributed by atoms with Crippen LogP contribution >= 0.6 is 15.9 Å². The SMILES string of the molecule is NC1CCCCC1.O=Cc1ccc(Br)o1. The summed E-state index contributed by atoms with van der Waals surface area (Å²) in [6.07, 6.45) is 7.32. The number of halogens is 1. The average Bonchev–Trinajstić information content (AvgIpc) is 2.66. The van der Waals surface area contributed by atoms with Gasteiger partial charge in [-0.05, 0) is 40.9 Å². The molecule has 0 amide bonds. The smallest absolute Gasteiger partial charge is 0.185 e. The van der Waals surface area contributed by atoms with E-state index in [9.17, 15) is 4.79 Å². The molecule has 0 atom stereocenters. The van der Waals surface area contributed by atoms with E-state index in [4.69, 9.17) is 10.2 Å². The van der Waals surface area contributed by atoms with Gasteiger partial charge in [0.05, 0.1) is 0 Å². The van der Waals surface area contributed by atoms with Crippen LogP contribution in [0.15, 0.2) is 21.2 Å². The van der Waals surface area contributed by atoms with Crippen LogP contribution in [-0.2, 0) is 0 Å². The highest BCUT2D eigenvalue weighted by Crippen LogP contribution is 2.14. The average molecular weight is 274 g/mol. The van der Waals surface area contributed by atoms with Gasteiger partial charge in [0.15, 0.2) is 16.7 Å². The van der Waals surface area contributed by atoms with E-state index in [1.54, 1.807) is 12.1 Å². The molecule has 1 aliphatic rings. The minimum absolute atomic E-state index is 0.344. The first-order chi connectivity index (χ1) is 7.22. The molecule has 0 radical (unpaired) electrons. The third-order valence-corrected chi connectivity index (χ3v) is 2.79. The van der Waals surface area contributed by atoms with Gasteiger partial charge in [-0.1, -0.05) is 19.3 Å². The second kappa shape index (κ2) is 6.80. The van der Waals surface area contributed by atoms with Crippen molar-refractivity contribution >= 4 is 22.2 Å².